The Kier molecular flexibility index (Phi) is 6.48. The van der Waals surface area contributed by atoms with E-state index in [9.17, 15) is 23.9 Å². The Labute approximate surface area is 185 Å². The third-order valence-electron chi connectivity index (χ3n) is 6.01. The number of H-pyrrole nitrogens is 1. The van der Waals surface area contributed by atoms with E-state index in [1.807, 2.05) is 0 Å². The van der Waals surface area contributed by atoms with Gasteiger partial charge in [-0.1, -0.05) is 6.92 Å². The van der Waals surface area contributed by atoms with Gasteiger partial charge >= 0.3 is 12.1 Å². The molecule has 0 saturated heterocycles. The summed E-state index contributed by atoms with van der Waals surface area (Å²) in [5.41, 5.74) is -0.822. The predicted molar refractivity (Wildman–Crippen MR) is 117 cm³/mol. The lowest BCUT2D eigenvalue weighted by atomic mass is 9.68. The Morgan fingerprint density at radius 2 is 1.94 bits per heavy atom. The van der Waals surface area contributed by atoms with Gasteiger partial charge in [-0.25, -0.2) is 9.18 Å². The zero-order chi connectivity index (χ0) is 23.7. The molecule has 8 nitrogen and oxygen atoms in total. The van der Waals surface area contributed by atoms with Crippen molar-refractivity contribution in [1.29, 1.82) is 0 Å². The van der Waals surface area contributed by atoms with Crippen molar-refractivity contribution in [2.75, 3.05) is 0 Å². The number of halogens is 1. The predicted octanol–water partition coefficient (Wildman–Crippen LogP) is 3.96. The molecule has 9 heteroatoms. The summed E-state index contributed by atoms with van der Waals surface area (Å²) in [5.74, 6) is -1.73. The molecule has 0 bridgehead atoms. The summed E-state index contributed by atoms with van der Waals surface area (Å²) < 4.78 is 18.8. The number of aromatic amines is 1. The molecule has 1 saturated carbocycles. The van der Waals surface area contributed by atoms with Crippen molar-refractivity contribution in [1.82, 2.24) is 15.6 Å². The average molecular weight is 448 g/mol. The molecule has 174 valence electrons. The minimum Gasteiger partial charge on any atom is -0.481 e. The summed E-state index contributed by atoms with van der Waals surface area (Å²) in [6, 6.07) is 4.63. The number of benzene rings is 1. The Balaban J connectivity index is 1.80. The van der Waals surface area contributed by atoms with Gasteiger partial charge in [-0.15, -0.1) is 0 Å². The summed E-state index contributed by atoms with van der Waals surface area (Å²) in [4.78, 5) is 40.2. The third-order valence-corrected chi connectivity index (χ3v) is 6.01. The highest BCUT2D eigenvalue weighted by atomic mass is 19.1. The normalized spacial score (nSPS) is 23.5. The van der Waals surface area contributed by atoms with E-state index in [1.165, 1.54) is 12.1 Å². The van der Waals surface area contributed by atoms with E-state index in [4.69, 9.17) is 4.74 Å². The molecule has 1 aliphatic rings. The number of alkyl carbamates (subject to hydrolysis) is 1. The van der Waals surface area contributed by atoms with E-state index in [-0.39, 0.29) is 12.1 Å². The lowest BCUT2D eigenvalue weighted by Gasteiger charge is -2.42. The van der Waals surface area contributed by atoms with Gasteiger partial charge in [0.05, 0.1) is 11.5 Å². The van der Waals surface area contributed by atoms with Gasteiger partial charge in [-0.2, -0.15) is 0 Å². The zero-order valence-corrected chi connectivity index (χ0v) is 18.8. The molecular formula is C23H30FN3O5. The molecule has 2 aromatic rings. The minimum absolute atomic E-state index is 0.168. The number of carbonyl (C=O) groups is 3. The van der Waals surface area contributed by atoms with Crippen molar-refractivity contribution in [3.05, 3.63) is 35.8 Å². The second-order valence-electron chi connectivity index (χ2n) is 9.43. The number of aliphatic carboxylic acids is 1. The summed E-state index contributed by atoms with van der Waals surface area (Å²) in [7, 11) is 0. The number of ether oxygens (including phenoxy) is 1. The lowest BCUT2D eigenvalue weighted by Crippen LogP contribution is -2.58. The van der Waals surface area contributed by atoms with Gasteiger partial charge in [0.1, 0.15) is 17.1 Å². The maximum Gasteiger partial charge on any atom is 0.407 e. The van der Waals surface area contributed by atoms with Gasteiger partial charge in [0, 0.05) is 16.9 Å². The molecule has 0 unspecified atom stereocenters. The zero-order valence-electron chi connectivity index (χ0n) is 18.8. The standard InChI is InChI=1S/C23H30FN3O5/c1-5-23(20(29)30)9-8-16(18(12-23)27-21(31)32-22(2,3)4)26-19(28)17-11-13-10-14(24)6-7-15(13)25-17/h6-7,10-11,16,18,25H,5,8-9,12H2,1-4H3,(H,26,28)(H,27,31)(H,29,30)/t16-,18+,23-/m0/s1. The number of fused-ring (bicyclic) bond motifs is 1. The maximum atomic E-state index is 13.5. The van der Waals surface area contributed by atoms with E-state index in [2.05, 4.69) is 15.6 Å². The molecule has 1 aliphatic carbocycles. The van der Waals surface area contributed by atoms with Crippen molar-refractivity contribution in [3.63, 3.8) is 0 Å². The van der Waals surface area contributed by atoms with Crippen LogP contribution in [-0.4, -0.2) is 45.7 Å². The minimum atomic E-state index is -0.987. The van der Waals surface area contributed by atoms with Gasteiger partial charge in [0.2, 0.25) is 0 Å². The summed E-state index contributed by atoms with van der Waals surface area (Å²) in [6.07, 6.45) is 0.652. The number of aromatic nitrogens is 1. The number of carboxylic acids is 1. The van der Waals surface area contributed by atoms with E-state index < -0.39 is 46.9 Å². The molecule has 4 N–H and O–H groups in total. The molecular weight excluding hydrogens is 417 g/mol. The first-order valence-electron chi connectivity index (χ1n) is 10.7. The highest BCUT2D eigenvalue weighted by Gasteiger charge is 2.46. The molecule has 0 aliphatic heterocycles. The van der Waals surface area contributed by atoms with Gasteiger partial charge < -0.3 is 25.5 Å². The molecule has 32 heavy (non-hydrogen) atoms. The molecule has 1 aromatic carbocycles. The third kappa shape index (κ3) is 5.20. The second-order valence-corrected chi connectivity index (χ2v) is 9.43. The number of nitrogens with one attached hydrogen (secondary N) is 3. The largest absolute Gasteiger partial charge is 0.481 e. The van der Waals surface area contributed by atoms with Crippen molar-refractivity contribution < 1.29 is 28.6 Å². The molecule has 1 fully saturated rings. The molecule has 1 aromatic heterocycles. The second kappa shape index (κ2) is 8.80. The molecule has 2 amide bonds. The topological polar surface area (TPSA) is 121 Å². The van der Waals surface area contributed by atoms with Gasteiger partial charge in [-0.05, 0) is 70.7 Å². The first-order chi connectivity index (χ1) is 14.9. The highest BCUT2D eigenvalue weighted by Crippen LogP contribution is 2.40. The number of hydrogen-bond donors (Lipinski definition) is 4. The molecule has 0 spiro atoms. The Morgan fingerprint density at radius 3 is 2.56 bits per heavy atom. The number of carbonyl (C=O) groups excluding carboxylic acids is 2. The van der Waals surface area contributed by atoms with Crippen molar-refractivity contribution in [3.8, 4) is 0 Å². The maximum absolute atomic E-state index is 13.5. The van der Waals surface area contributed by atoms with Crippen LogP contribution in [0.1, 0.15) is 63.9 Å². The SMILES string of the molecule is CC[C@]1(C(=O)O)CC[C@H](NC(=O)c2cc3cc(F)ccc3[nH]2)[C@H](NC(=O)OC(C)(C)C)C1. The van der Waals surface area contributed by atoms with Crippen LogP contribution < -0.4 is 10.6 Å². The van der Waals surface area contributed by atoms with Crippen LogP contribution in [-0.2, 0) is 9.53 Å². The van der Waals surface area contributed by atoms with Gasteiger partial charge in [-0.3, -0.25) is 9.59 Å². The molecule has 3 atom stereocenters. The quantitative estimate of drug-likeness (QED) is 0.553. The van der Waals surface area contributed by atoms with Crippen LogP contribution in [0.3, 0.4) is 0 Å². The first kappa shape index (κ1) is 23.6. The molecule has 3 rings (SSSR count). The van der Waals surface area contributed by atoms with E-state index >= 15 is 0 Å². The highest BCUT2D eigenvalue weighted by molar-refractivity contribution is 5.98. The first-order valence-corrected chi connectivity index (χ1v) is 10.7. The van der Waals surface area contributed by atoms with Crippen molar-refractivity contribution in [2.45, 2.75) is 71.1 Å². The van der Waals surface area contributed by atoms with Gasteiger partial charge in [0.15, 0.2) is 0 Å². The van der Waals surface area contributed by atoms with Crippen LogP contribution in [0.15, 0.2) is 24.3 Å². The van der Waals surface area contributed by atoms with Crippen molar-refractivity contribution >= 4 is 28.9 Å². The fourth-order valence-corrected chi connectivity index (χ4v) is 4.22. The van der Waals surface area contributed by atoms with Crippen LogP contribution in [0.2, 0.25) is 0 Å². The van der Waals surface area contributed by atoms with E-state index in [0.29, 0.717) is 30.2 Å². The Morgan fingerprint density at radius 1 is 1.22 bits per heavy atom. The monoisotopic (exact) mass is 447 g/mol. The summed E-state index contributed by atoms with van der Waals surface area (Å²) in [6.45, 7) is 7.01. The smallest absolute Gasteiger partial charge is 0.407 e. The number of rotatable bonds is 5. The molecule has 1 heterocycles. The number of hydrogen-bond acceptors (Lipinski definition) is 4. The Hall–Kier alpha value is -3.10. The van der Waals surface area contributed by atoms with Crippen LogP contribution >= 0.6 is 0 Å². The summed E-state index contributed by atoms with van der Waals surface area (Å²) in [5, 5.41) is 16.0. The van der Waals surface area contributed by atoms with Gasteiger partial charge in [0.25, 0.3) is 5.91 Å². The van der Waals surface area contributed by atoms with E-state index in [1.54, 1.807) is 39.8 Å². The van der Waals surface area contributed by atoms with E-state index in [0.717, 1.165) is 0 Å². The van der Waals surface area contributed by atoms with Crippen LogP contribution in [0, 0.1) is 11.2 Å². The fourth-order valence-electron chi connectivity index (χ4n) is 4.22. The fraction of sp³-hybridized carbons (Fsp3) is 0.522. The van der Waals surface area contributed by atoms with Crippen LogP contribution in [0.4, 0.5) is 9.18 Å². The summed E-state index contributed by atoms with van der Waals surface area (Å²) >= 11 is 0. The average Bonchev–Trinajstić information content (AvgIpc) is 3.11. The molecule has 0 radical (unpaired) electrons. The number of carboxylic acid groups (broad SMARTS) is 1. The number of amides is 2. The Bertz CT molecular complexity index is 1030. The van der Waals surface area contributed by atoms with Crippen molar-refractivity contribution in [2.24, 2.45) is 5.41 Å². The van der Waals surface area contributed by atoms with Crippen LogP contribution in [0.25, 0.3) is 10.9 Å². The van der Waals surface area contributed by atoms with Crippen LogP contribution in [0.5, 0.6) is 0 Å². The lowest BCUT2D eigenvalue weighted by molar-refractivity contribution is -0.152.